The van der Waals surface area contributed by atoms with Crippen molar-refractivity contribution < 1.29 is 14.8 Å². The lowest BCUT2D eigenvalue weighted by Crippen LogP contribution is -2.86. The lowest BCUT2D eigenvalue weighted by molar-refractivity contribution is -0.665. The molecule has 1 heterocycles. The number of quaternary nitrogens is 1. The van der Waals surface area contributed by atoms with E-state index in [9.17, 15) is 4.79 Å². The number of nitrogens with two attached hydrogens (primary N) is 1. The van der Waals surface area contributed by atoms with Crippen LogP contribution < -0.4 is 5.32 Å². The normalized spacial score (nSPS) is 22.9. The Morgan fingerprint density at radius 3 is 2.41 bits per heavy atom. The minimum Gasteiger partial charge on any atom is -0.459 e. The second kappa shape index (κ2) is 5.21. The molecule has 0 radical (unpaired) electrons. The lowest BCUT2D eigenvalue weighted by Gasteiger charge is -2.36. The van der Waals surface area contributed by atoms with Crippen LogP contribution in [0.2, 0.25) is 0 Å². The fourth-order valence-corrected chi connectivity index (χ4v) is 2.86. The summed E-state index contributed by atoms with van der Waals surface area (Å²) in [5.74, 6) is 0.588. The van der Waals surface area contributed by atoms with Crippen molar-refractivity contribution >= 4 is 5.97 Å². The van der Waals surface area contributed by atoms with Gasteiger partial charge in [-0.2, -0.15) is 0 Å². The van der Waals surface area contributed by atoms with E-state index in [1.165, 1.54) is 0 Å². The highest BCUT2D eigenvalue weighted by Crippen LogP contribution is 2.30. The summed E-state index contributed by atoms with van der Waals surface area (Å²) >= 11 is 0. The van der Waals surface area contributed by atoms with E-state index in [4.69, 9.17) is 4.74 Å². The molecule has 1 fully saturated rings. The lowest BCUT2D eigenvalue weighted by atomic mass is 9.83. The van der Waals surface area contributed by atoms with Crippen LogP contribution in [0, 0.1) is 11.8 Å². The van der Waals surface area contributed by atoms with Crippen molar-refractivity contribution in [1.82, 2.24) is 0 Å². The summed E-state index contributed by atoms with van der Waals surface area (Å²) < 4.78 is 5.77. The predicted molar refractivity (Wildman–Crippen MR) is 66.4 cm³/mol. The van der Waals surface area contributed by atoms with Crippen LogP contribution >= 0.6 is 0 Å². The number of esters is 1. The van der Waals surface area contributed by atoms with Crippen molar-refractivity contribution in [2.45, 2.75) is 45.1 Å². The first-order valence-electron chi connectivity index (χ1n) is 6.79. The van der Waals surface area contributed by atoms with Gasteiger partial charge in [0.05, 0.1) is 19.0 Å². The molecular formula is C14H24NO2+. The van der Waals surface area contributed by atoms with Crippen molar-refractivity contribution in [3.8, 4) is 0 Å². The summed E-state index contributed by atoms with van der Waals surface area (Å²) in [4.78, 5) is 12.0. The molecule has 0 atom stereocenters. The molecule has 3 nitrogen and oxygen atoms in total. The molecule has 0 bridgehead atoms. The third-order valence-corrected chi connectivity index (χ3v) is 4.13. The standard InChI is InChI=1S/C14H23NO2/c1-14(2,12-7-9-15-10-8-12)17-13(16)11-5-3-4-6-11/h3-4,11-12,15H,5-10H2,1-2H3/p+1. The molecule has 2 aliphatic rings. The summed E-state index contributed by atoms with van der Waals surface area (Å²) in [6.45, 7) is 6.47. The third-order valence-electron chi connectivity index (χ3n) is 4.13. The Morgan fingerprint density at radius 2 is 1.82 bits per heavy atom. The van der Waals surface area contributed by atoms with E-state index in [0.717, 1.165) is 38.8 Å². The van der Waals surface area contributed by atoms with Gasteiger partial charge in [0.25, 0.3) is 0 Å². The van der Waals surface area contributed by atoms with E-state index < -0.39 is 0 Å². The first-order chi connectivity index (χ1) is 8.09. The fraction of sp³-hybridized carbons (Fsp3) is 0.786. The molecule has 1 aliphatic carbocycles. The zero-order valence-corrected chi connectivity index (χ0v) is 10.9. The van der Waals surface area contributed by atoms with Crippen LogP contribution in [0.15, 0.2) is 12.2 Å². The number of carbonyl (C=O) groups excluding carboxylic acids is 1. The summed E-state index contributed by atoms with van der Waals surface area (Å²) in [6, 6.07) is 0. The second-order valence-corrected chi connectivity index (χ2v) is 5.80. The monoisotopic (exact) mass is 238 g/mol. The minimum atomic E-state index is -0.298. The van der Waals surface area contributed by atoms with Gasteiger partial charge >= 0.3 is 5.97 Å². The zero-order valence-electron chi connectivity index (χ0n) is 10.9. The topological polar surface area (TPSA) is 42.9 Å². The van der Waals surface area contributed by atoms with Gasteiger partial charge in [-0.25, -0.2) is 0 Å². The highest BCUT2D eigenvalue weighted by Gasteiger charge is 2.36. The number of piperidine rings is 1. The smallest absolute Gasteiger partial charge is 0.310 e. The highest BCUT2D eigenvalue weighted by molar-refractivity contribution is 5.73. The fourth-order valence-electron chi connectivity index (χ4n) is 2.86. The highest BCUT2D eigenvalue weighted by atomic mass is 16.6. The van der Waals surface area contributed by atoms with Crippen molar-refractivity contribution in [2.24, 2.45) is 11.8 Å². The van der Waals surface area contributed by atoms with Gasteiger partial charge in [0.15, 0.2) is 0 Å². The molecule has 2 rings (SSSR count). The van der Waals surface area contributed by atoms with E-state index in [1.54, 1.807) is 0 Å². The van der Waals surface area contributed by atoms with E-state index in [-0.39, 0.29) is 17.5 Å². The Hall–Kier alpha value is -0.830. The number of ether oxygens (including phenoxy) is 1. The number of allylic oxidation sites excluding steroid dienone is 2. The maximum Gasteiger partial charge on any atom is 0.310 e. The average molecular weight is 238 g/mol. The number of carbonyl (C=O) groups is 1. The van der Waals surface area contributed by atoms with Gasteiger partial charge in [-0.15, -0.1) is 0 Å². The second-order valence-electron chi connectivity index (χ2n) is 5.80. The molecule has 0 saturated carbocycles. The first-order valence-corrected chi connectivity index (χ1v) is 6.79. The molecular weight excluding hydrogens is 214 g/mol. The largest absolute Gasteiger partial charge is 0.459 e. The minimum absolute atomic E-state index is 0.00504. The Morgan fingerprint density at radius 1 is 1.24 bits per heavy atom. The van der Waals surface area contributed by atoms with Crippen molar-refractivity contribution in [3.63, 3.8) is 0 Å². The molecule has 0 aromatic heterocycles. The molecule has 0 aromatic carbocycles. The Balaban J connectivity index is 1.88. The molecule has 1 saturated heterocycles. The Bertz CT molecular complexity index is 295. The van der Waals surface area contributed by atoms with E-state index >= 15 is 0 Å². The summed E-state index contributed by atoms with van der Waals surface area (Å²) in [5.41, 5.74) is -0.298. The summed E-state index contributed by atoms with van der Waals surface area (Å²) in [5, 5.41) is 2.34. The predicted octanol–water partition coefficient (Wildman–Crippen LogP) is 1.25. The van der Waals surface area contributed by atoms with Crippen LogP contribution in [0.3, 0.4) is 0 Å². The SMILES string of the molecule is CC(C)(OC(=O)C1CC=CC1)C1CC[NH2+]CC1. The quantitative estimate of drug-likeness (QED) is 0.594. The number of hydrogen-bond donors (Lipinski definition) is 1. The van der Waals surface area contributed by atoms with Crippen LogP contribution in [0.4, 0.5) is 0 Å². The average Bonchev–Trinajstić information content (AvgIpc) is 2.83. The number of hydrogen-bond acceptors (Lipinski definition) is 2. The van der Waals surface area contributed by atoms with Gasteiger partial charge in [-0.3, -0.25) is 4.79 Å². The van der Waals surface area contributed by atoms with Crippen molar-refractivity contribution in [2.75, 3.05) is 13.1 Å². The number of rotatable bonds is 3. The van der Waals surface area contributed by atoms with Crippen LogP contribution in [-0.2, 0) is 9.53 Å². The Labute approximate surface area is 104 Å². The maximum absolute atomic E-state index is 12.0. The summed E-state index contributed by atoms with van der Waals surface area (Å²) in [7, 11) is 0. The molecule has 0 spiro atoms. The molecule has 2 N–H and O–H groups in total. The molecule has 3 heteroatoms. The van der Waals surface area contributed by atoms with E-state index in [2.05, 4.69) is 31.3 Å². The van der Waals surface area contributed by atoms with Crippen molar-refractivity contribution in [1.29, 1.82) is 0 Å². The third kappa shape index (κ3) is 3.09. The van der Waals surface area contributed by atoms with Gasteiger partial charge in [-0.05, 0) is 26.7 Å². The van der Waals surface area contributed by atoms with Gasteiger partial charge in [0.1, 0.15) is 5.60 Å². The molecule has 0 amide bonds. The molecule has 0 aromatic rings. The van der Waals surface area contributed by atoms with Crippen molar-refractivity contribution in [3.05, 3.63) is 12.2 Å². The maximum atomic E-state index is 12.0. The molecule has 96 valence electrons. The molecule has 0 unspecified atom stereocenters. The van der Waals surface area contributed by atoms with Gasteiger partial charge in [0.2, 0.25) is 0 Å². The van der Waals surface area contributed by atoms with Crippen LogP contribution in [0.25, 0.3) is 0 Å². The Kier molecular flexibility index (Phi) is 3.87. The van der Waals surface area contributed by atoms with Crippen LogP contribution in [0.1, 0.15) is 39.5 Å². The van der Waals surface area contributed by atoms with Crippen LogP contribution in [-0.4, -0.2) is 24.7 Å². The van der Waals surface area contributed by atoms with E-state index in [1.807, 2.05) is 0 Å². The molecule has 1 aliphatic heterocycles. The van der Waals surface area contributed by atoms with Gasteiger partial charge < -0.3 is 10.1 Å². The first kappa shape index (κ1) is 12.6. The summed E-state index contributed by atoms with van der Waals surface area (Å²) in [6.07, 6.45) is 8.18. The van der Waals surface area contributed by atoms with Crippen LogP contribution in [0.5, 0.6) is 0 Å². The van der Waals surface area contributed by atoms with Gasteiger partial charge in [0, 0.05) is 18.8 Å². The molecule has 17 heavy (non-hydrogen) atoms. The van der Waals surface area contributed by atoms with Gasteiger partial charge in [-0.1, -0.05) is 12.2 Å². The zero-order chi connectivity index (χ0) is 12.3. The van der Waals surface area contributed by atoms with E-state index in [0.29, 0.717) is 5.92 Å².